The number of aromatic nitrogens is 2. The van der Waals surface area contributed by atoms with E-state index in [4.69, 9.17) is 23.2 Å². The van der Waals surface area contributed by atoms with Gasteiger partial charge in [0, 0.05) is 6.07 Å². The van der Waals surface area contributed by atoms with E-state index < -0.39 is 0 Å². The third-order valence-corrected chi connectivity index (χ3v) is 2.90. The quantitative estimate of drug-likeness (QED) is 0.906. The number of nitrogens with zero attached hydrogens (tertiary/aromatic N) is 2. The van der Waals surface area contributed by atoms with Gasteiger partial charge < -0.3 is 10.4 Å². The fraction of sp³-hybridized carbons (Fsp3) is 0.167. The van der Waals surface area contributed by atoms with Crippen LogP contribution in [-0.4, -0.2) is 21.9 Å². The highest BCUT2D eigenvalue weighted by Crippen LogP contribution is 2.25. The van der Waals surface area contributed by atoms with Crippen LogP contribution < -0.4 is 5.32 Å². The molecule has 2 rings (SSSR count). The third-order valence-electron chi connectivity index (χ3n) is 2.43. The van der Waals surface area contributed by atoms with E-state index in [1.807, 2.05) is 30.3 Å². The molecule has 0 saturated carbocycles. The molecule has 1 unspecified atom stereocenters. The zero-order valence-electron chi connectivity index (χ0n) is 9.35. The number of anilines is 1. The third kappa shape index (κ3) is 3.10. The molecular weight excluding hydrogens is 273 g/mol. The van der Waals surface area contributed by atoms with Gasteiger partial charge in [0.15, 0.2) is 10.3 Å². The maximum atomic E-state index is 9.43. The van der Waals surface area contributed by atoms with Crippen LogP contribution in [0, 0.1) is 0 Å². The van der Waals surface area contributed by atoms with Crippen LogP contribution in [0.1, 0.15) is 11.6 Å². The molecule has 4 nitrogen and oxygen atoms in total. The molecule has 0 fully saturated rings. The standard InChI is InChI=1S/C12H11Cl2N3O/c13-11-6-9(12(14)17-16-11)15-10(7-18)8-4-2-1-3-5-8/h1-6,10,18H,7H2,(H,15,16). The van der Waals surface area contributed by atoms with Crippen molar-refractivity contribution in [1.82, 2.24) is 10.2 Å². The summed E-state index contributed by atoms with van der Waals surface area (Å²) in [6.07, 6.45) is 0. The summed E-state index contributed by atoms with van der Waals surface area (Å²) in [6, 6.07) is 10.8. The lowest BCUT2D eigenvalue weighted by Crippen LogP contribution is -2.15. The molecule has 0 saturated heterocycles. The smallest absolute Gasteiger partial charge is 0.174 e. The summed E-state index contributed by atoms with van der Waals surface area (Å²) >= 11 is 11.7. The zero-order chi connectivity index (χ0) is 13.0. The predicted octanol–water partition coefficient (Wildman–Crippen LogP) is 2.93. The van der Waals surface area contributed by atoms with Crippen molar-refractivity contribution in [1.29, 1.82) is 0 Å². The molecule has 2 N–H and O–H groups in total. The van der Waals surface area contributed by atoms with E-state index in [0.717, 1.165) is 5.56 Å². The molecule has 0 aliphatic rings. The topological polar surface area (TPSA) is 58.0 Å². The van der Waals surface area contributed by atoms with Crippen molar-refractivity contribution >= 4 is 28.9 Å². The zero-order valence-corrected chi connectivity index (χ0v) is 10.9. The molecule has 94 valence electrons. The first-order valence-corrected chi connectivity index (χ1v) is 6.07. The molecule has 1 atom stereocenters. The van der Waals surface area contributed by atoms with Crippen LogP contribution in [0.2, 0.25) is 10.3 Å². The number of benzene rings is 1. The number of hydrogen-bond donors (Lipinski definition) is 2. The molecule has 6 heteroatoms. The minimum Gasteiger partial charge on any atom is -0.394 e. The molecule has 0 aliphatic heterocycles. The van der Waals surface area contributed by atoms with E-state index in [0.29, 0.717) is 5.69 Å². The summed E-state index contributed by atoms with van der Waals surface area (Å²) in [7, 11) is 0. The molecular formula is C12H11Cl2N3O. The van der Waals surface area contributed by atoms with Crippen LogP contribution in [0.25, 0.3) is 0 Å². The highest BCUT2D eigenvalue weighted by molar-refractivity contribution is 6.33. The number of aliphatic hydroxyl groups excluding tert-OH is 1. The van der Waals surface area contributed by atoms with Gasteiger partial charge in [0.1, 0.15) is 0 Å². The Morgan fingerprint density at radius 3 is 2.56 bits per heavy atom. The molecule has 0 radical (unpaired) electrons. The van der Waals surface area contributed by atoms with Gasteiger partial charge in [-0.2, -0.15) is 0 Å². The minimum atomic E-state index is -0.274. The van der Waals surface area contributed by atoms with Crippen LogP contribution in [0.15, 0.2) is 36.4 Å². The van der Waals surface area contributed by atoms with E-state index >= 15 is 0 Å². The normalized spacial score (nSPS) is 12.2. The van der Waals surface area contributed by atoms with Crippen molar-refractivity contribution in [2.75, 3.05) is 11.9 Å². The van der Waals surface area contributed by atoms with Crippen molar-refractivity contribution < 1.29 is 5.11 Å². The molecule has 1 aromatic carbocycles. The fourth-order valence-corrected chi connectivity index (χ4v) is 1.86. The lowest BCUT2D eigenvalue weighted by Gasteiger charge is -2.18. The fourth-order valence-electron chi connectivity index (χ4n) is 1.56. The lowest BCUT2D eigenvalue weighted by molar-refractivity contribution is 0.276. The van der Waals surface area contributed by atoms with Crippen molar-refractivity contribution in [3.8, 4) is 0 Å². The first kappa shape index (κ1) is 13.1. The summed E-state index contributed by atoms with van der Waals surface area (Å²) in [5.41, 5.74) is 1.49. The van der Waals surface area contributed by atoms with Gasteiger partial charge in [0.05, 0.1) is 18.3 Å². The highest BCUT2D eigenvalue weighted by Gasteiger charge is 2.12. The maximum absolute atomic E-state index is 9.43. The Morgan fingerprint density at radius 1 is 1.17 bits per heavy atom. The maximum Gasteiger partial charge on any atom is 0.174 e. The van der Waals surface area contributed by atoms with Crippen LogP contribution >= 0.6 is 23.2 Å². The van der Waals surface area contributed by atoms with Crippen molar-refractivity contribution in [2.24, 2.45) is 0 Å². The SMILES string of the molecule is OCC(Nc1cc(Cl)nnc1Cl)c1ccccc1. The number of halogens is 2. The lowest BCUT2D eigenvalue weighted by atomic mass is 10.1. The summed E-state index contributed by atoms with van der Waals surface area (Å²) in [6.45, 7) is -0.0692. The molecule has 2 aromatic rings. The predicted molar refractivity (Wildman–Crippen MR) is 71.9 cm³/mol. The van der Waals surface area contributed by atoms with Crippen LogP contribution in [0.4, 0.5) is 5.69 Å². The molecule has 1 heterocycles. The average Bonchev–Trinajstić information content (AvgIpc) is 2.41. The van der Waals surface area contributed by atoms with E-state index in [2.05, 4.69) is 15.5 Å². The average molecular weight is 284 g/mol. The summed E-state index contributed by atoms with van der Waals surface area (Å²) in [5.74, 6) is 0. The Morgan fingerprint density at radius 2 is 1.89 bits per heavy atom. The molecule has 1 aromatic heterocycles. The summed E-state index contributed by atoms with van der Waals surface area (Å²) < 4.78 is 0. The van der Waals surface area contributed by atoms with Gasteiger partial charge >= 0.3 is 0 Å². The van der Waals surface area contributed by atoms with Crippen molar-refractivity contribution in [3.05, 3.63) is 52.3 Å². The Hall–Kier alpha value is -1.36. The largest absolute Gasteiger partial charge is 0.394 e. The van der Waals surface area contributed by atoms with Crippen molar-refractivity contribution in [3.63, 3.8) is 0 Å². The molecule has 0 aliphatic carbocycles. The van der Waals surface area contributed by atoms with Gasteiger partial charge in [-0.05, 0) is 5.56 Å². The van der Waals surface area contributed by atoms with E-state index in [-0.39, 0.29) is 23.0 Å². The van der Waals surface area contributed by atoms with Crippen molar-refractivity contribution in [2.45, 2.75) is 6.04 Å². The molecule has 0 bridgehead atoms. The van der Waals surface area contributed by atoms with E-state index in [1.165, 1.54) is 0 Å². The second-order valence-corrected chi connectivity index (χ2v) is 4.41. The summed E-state index contributed by atoms with van der Waals surface area (Å²) in [4.78, 5) is 0. The Kier molecular flexibility index (Phi) is 4.36. The van der Waals surface area contributed by atoms with Gasteiger partial charge in [0.2, 0.25) is 0 Å². The van der Waals surface area contributed by atoms with Crippen LogP contribution in [-0.2, 0) is 0 Å². The number of rotatable bonds is 4. The Labute approximate surface area is 115 Å². The Balaban J connectivity index is 2.23. The monoisotopic (exact) mass is 283 g/mol. The number of aliphatic hydroxyl groups is 1. The molecule has 0 amide bonds. The van der Waals surface area contributed by atoms with Gasteiger partial charge in [-0.3, -0.25) is 0 Å². The molecule has 0 spiro atoms. The van der Waals surface area contributed by atoms with Crippen LogP contribution in [0.5, 0.6) is 0 Å². The number of nitrogens with one attached hydrogen (secondary N) is 1. The molecule has 18 heavy (non-hydrogen) atoms. The first-order valence-electron chi connectivity index (χ1n) is 5.32. The van der Waals surface area contributed by atoms with E-state index in [9.17, 15) is 5.11 Å². The Bertz CT molecular complexity index is 522. The first-order chi connectivity index (χ1) is 8.70. The minimum absolute atomic E-state index is 0.0692. The van der Waals surface area contributed by atoms with Crippen LogP contribution in [0.3, 0.4) is 0 Å². The second-order valence-electron chi connectivity index (χ2n) is 3.66. The second kappa shape index (κ2) is 6.00. The van der Waals surface area contributed by atoms with E-state index in [1.54, 1.807) is 6.07 Å². The summed E-state index contributed by atoms with van der Waals surface area (Å²) in [5, 5.41) is 20.3. The van der Waals surface area contributed by atoms with Gasteiger partial charge in [-0.1, -0.05) is 53.5 Å². The van der Waals surface area contributed by atoms with Gasteiger partial charge in [-0.25, -0.2) is 0 Å². The van der Waals surface area contributed by atoms with Gasteiger partial charge in [0.25, 0.3) is 0 Å². The number of hydrogen-bond acceptors (Lipinski definition) is 4. The van der Waals surface area contributed by atoms with Gasteiger partial charge in [-0.15, -0.1) is 10.2 Å². The highest BCUT2D eigenvalue weighted by atomic mass is 35.5.